The third-order valence-corrected chi connectivity index (χ3v) is 3.86. The fourth-order valence-electron chi connectivity index (χ4n) is 2.30. The second kappa shape index (κ2) is 5.50. The summed E-state index contributed by atoms with van der Waals surface area (Å²) < 4.78 is 5.68. The average Bonchev–Trinajstić information content (AvgIpc) is 2.20. The van der Waals surface area contributed by atoms with Crippen molar-refractivity contribution in [2.75, 3.05) is 13.2 Å². The minimum Gasteiger partial charge on any atom is -0.393 e. The molecular weight excluding hydrogens is 200 g/mol. The van der Waals surface area contributed by atoms with Gasteiger partial charge in [0.1, 0.15) is 0 Å². The van der Waals surface area contributed by atoms with E-state index in [1.54, 1.807) is 0 Å². The molecule has 1 aliphatic rings. The van der Waals surface area contributed by atoms with Crippen LogP contribution in [0.3, 0.4) is 0 Å². The Morgan fingerprint density at radius 3 is 2.31 bits per heavy atom. The summed E-state index contributed by atoms with van der Waals surface area (Å²) in [7, 11) is 0. The van der Waals surface area contributed by atoms with Crippen LogP contribution in [0.4, 0.5) is 0 Å². The maximum atomic E-state index is 9.07. The Hall–Kier alpha value is -0.0800. The molecule has 2 nitrogen and oxygen atoms in total. The first-order valence-corrected chi connectivity index (χ1v) is 6.59. The van der Waals surface area contributed by atoms with Crippen LogP contribution < -0.4 is 0 Å². The van der Waals surface area contributed by atoms with Crippen LogP contribution in [0.25, 0.3) is 0 Å². The van der Waals surface area contributed by atoms with Gasteiger partial charge in [0.15, 0.2) is 0 Å². The molecule has 0 saturated heterocycles. The van der Waals surface area contributed by atoms with E-state index in [-0.39, 0.29) is 12.2 Å². The van der Waals surface area contributed by atoms with E-state index in [2.05, 4.69) is 13.8 Å². The van der Waals surface area contributed by atoms with Crippen molar-refractivity contribution in [2.24, 2.45) is 11.3 Å². The summed E-state index contributed by atoms with van der Waals surface area (Å²) >= 11 is 0. The highest BCUT2D eigenvalue weighted by Gasteiger charge is 2.27. The zero-order chi connectivity index (χ0) is 12.2. The second-order valence-electron chi connectivity index (χ2n) is 6.66. The van der Waals surface area contributed by atoms with E-state index in [0.717, 1.165) is 18.9 Å². The molecule has 16 heavy (non-hydrogen) atoms. The molecule has 0 aliphatic heterocycles. The van der Waals surface area contributed by atoms with Crippen molar-refractivity contribution >= 4 is 0 Å². The molecule has 1 saturated carbocycles. The zero-order valence-electron chi connectivity index (χ0n) is 11.4. The van der Waals surface area contributed by atoms with Gasteiger partial charge in [-0.3, -0.25) is 0 Å². The van der Waals surface area contributed by atoms with Crippen LogP contribution in [-0.4, -0.2) is 23.9 Å². The standard InChI is InChI=1S/C14H28O2/c1-13(2)8-5-12(6-9-13)7-10-16-14(3,4)11-15/h12,15H,5-11H2,1-4H3. The molecule has 0 aromatic heterocycles. The molecule has 0 bridgehead atoms. The third kappa shape index (κ3) is 4.84. The lowest BCUT2D eigenvalue weighted by molar-refractivity contribution is -0.0595. The Kier molecular flexibility index (Phi) is 4.81. The van der Waals surface area contributed by atoms with Gasteiger partial charge in [-0.15, -0.1) is 0 Å². The van der Waals surface area contributed by atoms with Gasteiger partial charge in [-0.2, -0.15) is 0 Å². The summed E-state index contributed by atoms with van der Waals surface area (Å²) in [6.07, 6.45) is 6.54. The molecular formula is C14H28O2. The quantitative estimate of drug-likeness (QED) is 0.781. The molecule has 0 atom stereocenters. The van der Waals surface area contributed by atoms with E-state index < -0.39 is 0 Å². The second-order valence-corrected chi connectivity index (χ2v) is 6.66. The molecule has 0 amide bonds. The number of rotatable bonds is 5. The van der Waals surface area contributed by atoms with Crippen LogP contribution in [0.5, 0.6) is 0 Å². The Labute approximate surface area is 100 Å². The first kappa shape index (κ1) is 14.0. The van der Waals surface area contributed by atoms with Gasteiger partial charge in [-0.05, 0) is 57.3 Å². The molecule has 1 N–H and O–H groups in total. The summed E-state index contributed by atoms with van der Waals surface area (Å²) in [5.41, 5.74) is 0.190. The van der Waals surface area contributed by atoms with Crippen molar-refractivity contribution in [3.63, 3.8) is 0 Å². The Balaban J connectivity index is 2.16. The first-order valence-electron chi connectivity index (χ1n) is 6.59. The molecule has 1 aliphatic carbocycles. The van der Waals surface area contributed by atoms with Gasteiger partial charge in [0.25, 0.3) is 0 Å². The lowest BCUT2D eigenvalue weighted by atomic mass is 9.72. The van der Waals surface area contributed by atoms with Crippen molar-refractivity contribution < 1.29 is 9.84 Å². The fourth-order valence-corrected chi connectivity index (χ4v) is 2.30. The van der Waals surface area contributed by atoms with Crippen molar-refractivity contribution in [1.82, 2.24) is 0 Å². The minimum atomic E-state index is -0.367. The van der Waals surface area contributed by atoms with E-state index in [1.165, 1.54) is 25.7 Å². The summed E-state index contributed by atoms with van der Waals surface area (Å²) in [6.45, 7) is 9.51. The molecule has 0 unspecified atom stereocenters. The van der Waals surface area contributed by atoms with Gasteiger partial charge >= 0.3 is 0 Å². The van der Waals surface area contributed by atoms with E-state index in [0.29, 0.717) is 5.41 Å². The lowest BCUT2D eigenvalue weighted by Crippen LogP contribution is -2.30. The summed E-state index contributed by atoms with van der Waals surface area (Å²) in [5, 5.41) is 9.07. The van der Waals surface area contributed by atoms with Crippen LogP contribution in [0.1, 0.15) is 59.8 Å². The summed E-state index contributed by atoms with van der Waals surface area (Å²) in [5.74, 6) is 0.836. The number of aliphatic hydroxyl groups is 1. The van der Waals surface area contributed by atoms with Gasteiger partial charge in [-0.25, -0.2) is 0 Å². The lowest BCUT2D eigenvalue weighted by Gasteiger charge is -2.34. The zero-order valence-corrected chi connectivity index (χ0v) is 11.4. The van der Waals surface area contributed by atoms with Crippen LogP contribution in [-0.2, 0) is 4.74 Å². The van der Waals surface area contributed by atoms with Crippen LogP contribution in [0, 0.1) is 11.3 Å². The molecule has 1 rings (SSSR count). The number of ether oxygens (including phenoxy) is 1. The van der Waals surface area contributed by atoms with E-state index in [4.69, 9.17) is 9.84 Å². The molecule has 0 spiro atoms. The Morgan fingerprint density at radius 1 is 1.25 bits per heavy atom. The minimum absolute atomic E-state index is 0.102. The SMILES string of the molecule is CC1(C)CCC(CCOC(C)(C)CO)CC1. The molecule has 2 heteroatoms. The highest BCUT2D eigenvalue weighted by Crippen LogP contribution is 2.39. The van der Waals surface area contributed by atoms with Gasteiger partial charge in [-0.1, -0.05) is 13.8 Å². The maximum absolute atomic E-state index is 9.07. The summed E-state index contributed by atoms with van der Waals surface area (Å²) in [6, 6.07) is 0. The van der Waals surface area contributed by atoms with Crippen molar-refractivity contribution in [3.8, 4) is 0 Å². The van der Waals surface area contributed by atoms with Crippen LogP contribution in [0.15, 0.2) is 0 Å². The fraction of sp³-hybridized carbons (Fsp3) is 1.00. The number of aliphatic hydroxyl groups excluding tert-OH is 1. The summed E-state index contributed by atoms with van der Waals surface area (Å²) in [4.78, 5) is 0. The largest absolute Gasteiger partial charge is 0.393 e. The third-order valence-electron chi connectivity index (χ3n) is 3.86. The van der Waals surface area contributed by atoms with Crippen LogP contribution >= 0.6 is 0 Å². The molecule has 1 fully saturated rings. The normalized spacial score (nSPS) is 22.3. The monoisotopic (exact) mass is 228 g/mol. The maximum Gasteiger partial charge on any atom is 0.0856 e. The predicted molar refractivity (Wildman–Crippen MR) is 67.5 cm³/mol. The molecule has 96 valence electrons. The smallest absolute Gasteiger partial charge is 0.0856 e. The highest BCUT2D eigenvalue weighted by atomic mass is 16.5. The molecule has 0 heterocycles. The van der Waals surface area contributed by atoms with Gasteiger partial charge < -0.3 is 9.84 Å². The van der Waals surface area contributed by atoms with E-state index >= 15 is 0 Å². The first-order chi connectivity index (χ1) is 7.35. The van der Waals surface area contributed by atoms with Gasteiger partial charge in [0.05, 0.1) is 12.2 Å². The Morgan fingerprint density at radius 2 is 1.81 bits per heavy atom. The van der Waals surface area contributed by atoms with Crippen molar-refractivity contribution in [2.45, 2.75) is 65.4 Å². The van der Waals surface area contributed by atoms with E-state index in [1.807, 2.05) is 13.8 Å². The number of hydrogen-bond acceptors (Lipinski definition) is 2. The molecule has 0 aromatic rings. The topological polar surface area (TPSA) is 29.5 Å². The average molecular weight is 228 g/mol. The van der Waals surface area contributed by atoms with Crippen molar-refractivity contribution in [1.29, 1.82) is 0 Å². The number of hydrogen-bond donors (Lipinski definition) is 1. The van der Waals surface area contributed by atoms with Gasteiger partial charge in [0.2, 0.25) is 0 Å². The molecule has 0 aromatic carbocycles. The van der Waals surface area contributed by atoms with E-state index in [9.17, 15) is 0 Å². The van der Waals surface area contributed by atoms with Gasteiger partial charge in [0, 0.05) is 6.61 Å². The van der Waals surface area contributed by atoms with Crippen molar-refractivity contribution in [3.05, 3.63) is 0 Å². The Bertz CT molecular complexity index is 199. The molecule has 0 radical (unpaired) electrons. The predicted octanol–water partition coefficient (Wildman–Crippen LogP) is 3.38. The highest BCUT2D eigenvalue weighted by molar-refractivity contribution is 4.78. The van der Waals surface area contributed by atoms with Crippen LogP contribution in [0.2, 0.25) is 0 Å².